The van der Waals surface area contributed by atoms with E-state index in [1.165, 1.54) is 0 Å². The van der Waals surface area contributed by atoms with Crippen molar-refractivity contribution in [2.45, 2.75) is 13.3 Å². The molecule has 1 aromatic rings. The third-order valence-electron chi connectivity index (χ3n) is 2.32. The number of carbonyl (C=O) groups excluding carboxylic acids is 1. The monoisotopic (exact) mass is 245 g/mol. The van der Waals surface area contributed by atoms with E-state index in [-0.39, 0.29) is 5.91 Å². The van der Waals surface area contributed by atoms with Crippen molar-refractivity contribution in [1.82, 2.24) is 5.32 Å². The van der Waals surface area contributed by atoms with Crippen LogP contribution >= 0.6 is 0 Å². The van der Waals surface area contributed by atoms with Crippen LogP contribution in [0.15, 0.2) is 49.1 Å². The Hall–Kier alpha value is -2.03. The Morgan fingerprint density at radius 1 is 1.44 bits per heavy atom. The molecule has 96 valence electrons. The number of para-hydroxylation sites is 1. The molecule has 0 aromatic heterocycles. The highest BCUT2D eigenvalue weighted by Gasteiger charge is 2.10. The standard InChI is InChI=1S/C15H19NO2/c1-3-5-8-11-16-15(17)13-9-6-7-10-14(13)18-12-4-2/h3-7,9-10H,2,8,11-12H2,1H3,(H,16,17)/b5-3+. The summed E-state index contributed by atoms with van der Waals surface area (Å²) in [6.07, 6.45) is 6.46. The smallest absolute Gasteiger partial charge is 0.255 e. The molecule has 0 saturated carbocycles. The molecule has 0 unspecified atom stereocenters. The van der Waals surface area contributed by atoms with E-state index in [4.69, 9.17) is 4.74 Å². The van der Waals surface area contributed by atoms with Crippen molar-refractivity contribution in [3.8, 4) is 5.75 Å². The zero-order chi connectivity index (χ0) is 13.2. The van der Waals surface area contributed by atoms with E-state index in [2.05, 4.69) is 11.9 Å². The van der Waals surface area contributed by atoms with E-state index >= 15 is 0 Å². The minimum atomic E-state index is -0.112. The Balaban J connectivity index is 2.63. The van der Waals surface area contributed by atoms with Crippen LogP contribution in [-0.4, -0.2) is 19.1 Å². The van der Waals surface area contributed by atoms with Gasteiger partial charge < -0.3 is 10.1 Å². The summed E-state index contributed by atoms with van der Waals surface area (Å²) in [6.45, 7) is 6.56. The summed E-state index contributed by atoms with van der Waals surface area (Å²) in [6, 6.07) is 7.20. The molecule has 0 aliphatic carbocycles. The van der Waals surface area contributed by atoms with Gasteiger partial charge in [0.25, 0.3) is 5.91 Å². The van der Waals surface area contributed by atoms with Crippen LogP contribution in [0.3, 0.4) is 0 Å². The lowest BCUT2D eigenvalue weighted by Gasteiger charge is -2.09. The fraction of sp³-hybridized carbons (Fsp3) is 0.267. The Labute approximate surface area is 108 Å². The molecule has 0 aliphatic rings. The number of rotatable bonds is 7. The maximum absolute atomic E-state index is 12.0. The van der Waals surface area contributed by atoms with Crippen LogP contribution in [0, 0.1) is 0 Å². The summed E-state index contributed by atoms with van der Waals surface area (Å²) >= 11 is 0. The van der Waals surface area contributed by atoms with Gasteiger partial charge in [0, 0.05) is 6.54 Å². The maximum Gasteiger partial charge on any atom is 0.255 e. The van der Waals surface area contributed by atoms with Crippen molar-refractivity contribution in [1.29, 1.82) is 0 Å². The summed E-state index contributed by atoms with van der Waals surface area (Å²) in [4.78, 5) is 12.0. The van der Waals surface area contributed by atoms with Gasteiger partial charge in [-0.2, -0.15) is 0 Å². The predicted octanol–water partition coefficient (Wildman–Crippen LogP) is 2.95. The number of nitrogens with one attached hydrogen (secondary N) is 1. The molecule has 0 spiro atoms. The molecule has 0 bridgehead atoms. The SMILES string of the molecule is C=CCOc1ccccc1C(=O)NCC/C=C/C. The Kier molecular flexibility index (Phi) is 6.33. The Bertz CT molecular complexity index is 424. The molecule has 1 aromatic carbocycles. The van der Waals surface area contributed by atoms with Crippen LogP contribution in [0.4, 0.5) is 0 Å². The highest BCUT2D eigenvalue weighted by Crippen LogP contribution is 2.17. The first kappa shape index (κ1) is 14.0. The lowest BCUT2D eigenvalue weighted by molar-refractivity contribution is 0.0951. The maximum atomic E-state index is 12.0. The minimum Gasteiger partial charge on any atom is -0.489 e. The quantitative estimate of drug-likeness (QED) is 0.592. The topological polar surface area (TPSA) is 38.3 Å². The van der Waals surface area contributed by atoms with E-state index in [9.17, 15) is 4.79 Å². The van der Waals surface area contributed by atoms with Crippen molar-refractivity contribution in [2.75, 3.05) is 13.2 Å². The first-order valence-corrected chi connectivity index (χ1v) is 6.01. The summed E-state index contributed by atoms with van der Waals surface area (Å²) in [5.74, 6) is 0.472. The number of hydrogen-bond acceptors (Lipinski definition) is 2. The van der Waals surface area contributed by atoms with Crippen molar-refractivity contribution >= 4 is 5.91 Å². The van der Waals surface area contributed by atoms with Crippen LogP contribution < -0.4 is 10.1 Å². The van der Waals surface area contributed by atoms with Crippen LogP contribution in [0.2, 0.25) is 0 Å². The van der Waals surface area contributed by atoms with Gasteiger partial charge in [-0.25, -0.2) is 0 Å². The molecule has 0 atom stereocenters. The van der Waals surface area contributed by atoms with E-state index in [1.54, 1.807) is 18.2 Å². The number of allylic oxidation sites excluding steroid dienone is 1. The molecule has 0 radical (unpaired) electrons. The van der Waals surface area contributed by atoms with Gasteiger partial charge in [-0.15, -0.1) is 0 Å². The minimum absolute atomic E-state index is 0.112. The van der Waals surface area contributed by atoms with Gasteiger partial charge >= 0.3 is 0 Å². The highest BCUT2D eigenvalue weighted by atomic mass is 16.5. The molecule has 1 amide bonds. The molecule has 0 heterocycles. The summed E-state index contributed by atoms with van der Waals surface area (Å²) in [7, 11) is 0. The van der Waals surface area contributed by atoms with Crippen LogP contribution in [0.1, 0.15) is 23.7 Å². The molecular weight excluding hydrogens is 226 g/mol. The predicted molar refractivity (Wildman–Crippen MR) is 73.9 cm³/mol. The second-order valence-electron chi connectivity index (χ2n) is 3.71. The molecular formula is C15H19NO2. The van der Waals surface area contributed by atoms with E-state index in [0.29, 0.717) is 24.5 Å². The third kappa shape index (κ3) is 4.45. The number of ether oxygens (including phenoxy) is 1. The second kappa shape index (κ2) is 8.12. The van der Waals surface area contributed by atoms with Gasteiger partial charge in [0.15, 0.2) is 0 Å². The van der Waals surface area contributed by atoms with Gasteiger partial charge in [-0.05, 0) is 25.5 Å². The second-order valence-corrected chi connectivity index (χ2v) is 3.71. The summed E-state index contributed by atoms with van der Waals surface area (Å²) < 4.78 is 5.44. The lowest BCUT2D eigenvalue weighted by atomic mass is 10.2. The van der Waals surface area contributed by atoms with E-state index in [1.807, 2.05) is 31.2 Å². The van der Waals surface area contributed by atoms with Gasteiger partial charge in [0.05, 0.1) is 5.56 Å². The number of carbonyl (C=O) groups is 1. The first-order valence-electron chi connectivity index (χ1n) is 6.01. The number of hydrogen-bond donors (Lipinski definition) is 1. The average molecular weight is 245 g/mol. The Morgan fingerprint density at radius 2 is 2.22 bits per heavy atom. The molecule has 1 N–H and O–H groups in total. The van der Waals surface area contributed by atoms with Crippen molar-refractivity contribution in [3.63, 3.8) is 0 Å². The Morgan fingerprint density at radius 3 is 2.94 bits per heavy atom. The van der Waals surface area contributed by atoms with Crippen LogP contribution in [0.5, 0.6) is 5.75 Å². The molecule has 3 heteroatoms. The lowest BCUT2D eigenvalue weighted by Crippen LogP contribution is -2.24. The molecule has 1 rings (SSSR count). The number of benzene rings is 1. The largest absolute Gasteiger partial charge is 0.489 e. The molecule has 3 nitrogen and oxygen atoms in total. The normalized spacial score (nSPS) is 10.3. The molecule has 0 fully saturated rings. The summed E-state index contributed by atoms with van der Waals surface area (Å²) in [5, 5.41) is 2.85. The zero-order valence-electron chi connectivity index (χ0n) is 10.7. The molecule has 18 heavy (non-hydrogen) atoms. The van der Waals surface area contributed by atoms with Gasteiger partial charge in [-0.3, -0.25) is 4.79 Å². The fourth-order valence-electron chi connectivity index (χ4n) is 1.46. The number of amides is 1. The highest BCUT2D eigenvalue weighted by molar-refractivity contribution is 5.96. The van der Waals surface area contributed by atoms with Crippen LogP contribution in [0.25, 0.3) is 0 Å². The zero-order valence-corrected chi connectivity index (χ0v) is 10.7. The third-order valence-corrected chi connectivity index (χ3v) is 2.32. The van der Waals surface area contributed by atoms with Crippen molar-refractivity contribution in [2.24, 2.45) is 0 Å². The van der Waals surface area contributed by atoms with E-state index < -0.39 is 0 Å². The first-order chi connectivity index (χ1) is 8.79. The van der Waals surface area contributed by atoms with Gasteiger partial charge in [-0.1, -0.05) is 36.9 Å². The van der Waals surface area contributed by atoms with E-state index in [0.717, 1.165) is 6.42 Å². The van der Waals surface area contributed by atoms with Crippen molar-refractivity contribution in [3.05, 3.63) is 54.6 Å². The molecule has 0 saturated heterocycles. The van der Waals surface area contributed by atoms with Crippen molar-refractivity contribution < 1.29 is 9.53 Å². The molecule has 0 aliphatic heterocycles. The van der Waals surface area contributed by atoms with Gasteiger partial charge in [0.2, 0.25) is 0 Å². The average Bonchev–Trinajstić information content (AvgIpc) is 2.41. The van der Waals surface area contributed by atoms with Crippen LogP contribution in [-0.2, 0) is 0 Å². The van der Waals surface area contributed by atoms with Gasteiger partial charge in [0.1, 0.15) is 12.4 Å². The summed E-state index contributed by atoms with van der Waals surface area (Å²) in [5.41, 5.74) is 0.555. The fourth-order valence-corrected chi connectivity index (χ4v) is 1.46.